The van der Waals surface area contributed by atoms with Crippen LogP contribution in [0.4, 0.5) is 0 Å². The van der Waals surface area contributed by atoms with Crippen LogP contribution in [0.2, 0.25) is 0 Å². The van der Waals surface area contributed by atoms with Crippen molar-refractivity contribution in [1.29, 1.82) is 0 Å². The Bertz CT molecular complexity index is 2820. The lowest BCUT2D eigenvalue weighted by Crippen LogP contribution is -1.91. The first-order valence-electron chi connectivity index (χ1n) is 17.5. The number of furan rings is 1. The number of rotatable bonds is 5. The second-order valence-electron chi connectivity index (χ2n) is 13.2. The van der Waals surface area contributed by atoms with E-state index in [1.807, 2.05) is 12.1 Å². The molecule has 238 valence electrons. The standard InChI is InChI=1S/C50H32O/c1-2-13-33(14-3-1)34-25-29-36(30-26-34)48-41-17-6-8-19-43(41)49(44-20-9-7-18-42(44)48)37-31-27-35(28-32-37)38-15-4-5-16-39(38)40-22-12-24-47-50(40)45-21-10-11-23-46(45)51-47/h1-32H. The number of benzene rings is 9. The van der Waals surface area contributed by atoms with Crippen molar-refractivity contribution in [2.45, 2.75) is 0 Å². The first kappa shape index (κ1) is 29.2. The highest BCUT2D eigenvalue weighted by atomic mass is 16.3. The molecule has 10 rings (SSSR count). The van der Waals surface area contributed by atoms with Gasteiger partial charge in [0.15, 0.2) is 0 Å². The van der Waals surface area contributed by atoms with Gasteiger partial charge in [0.05, 0.1) is 0 Å². The van der Waals surface area contributed by atoms with E-state index < -0.39 is 0 Å². The van der Waals surface area contributed by atoms with Gasteiger partial charge in [-0.05, 0) is 89.3 Å². The van der Waals surface area contributed by atoms with Gasteiger partial charge in [0.2, 0.25) is 0 Å². The van der Waals surface area contributed by atoms with Crippen LogP contribution in [0.1, 0.15) is 0 Å². The molecule has 0 amide bonds. The smallest absolute Gasteiger partial charge is 0.136 e. The third-order valence-electron chi connectivity index (χ3n) is 10.3. The normalized spacial score (nSPS) is 11.5. The predicted octanol–water partition coefficient (Wildman–Crippen LogP) is 14.2. The summed E-state index contributed by atoms with van der Waals surface area (Å²) in [6.45, 7) is 0. The highest BCUT2D eigenvalue weighted by molar-refractivity contribution is 6.21. The van der Waals surface area contributed by atoms with E-state index in [0.29, 0.717) is 0 Å². The molecule has 0 bridgehead atoms. The first-order valence-corrected chi connectivity index (χ1v) is 17.5. The molecule has 0 fully saturated rings. The minimum absolute atomic E-state index is 0.910. The Morgan fingerprint density at radius 2 is 0.647 bits per heavy atom. The van der Waals surface area contributed by atoms with Gasteiger partial charge < -0.3 is 4.42 Å². The maximum Gasteiger partial charge on any atom is 0.136 e. The van der Waals surface area contributed by atoms with Crippen molar-refractivity contribution < 1.29 is 4.42 Å². The molecule has 0 aliphatic rings. The number of para-hydroxylation sites is 1. The molecule has 0 spiro atoms. The summed E-state index contributed by atoms with van der Waals surface area (Å²) in [6.07, 6.45) is 0. The maximum absolute atomic E-state index is 6.26. The summed E-state index contributed by atoms with van der Waals surface area (Å²) in [4.78, 5) is 0. The van der Waals surface area contributed by atoms with Crippen LogP contribution in [0.15, 0.2) is 199 Å². The van der Waals surface area contributed by atoms with Crippen LogP contribution in [0.3, 0.4) is 0 Å². The Balaban J connectivity index is 1.11. The van der Waals surface area contributed by atoms with Gasteiger partial charge in [0.25, 0.3) is 0 Å². The van der Waals surface area contributed by atoms with E-state index in [-0.39, 0.29) is 0 Å². The highest BCUT2D eigenvalue weighted by Crippen LogP contribution is 2.45. The lowest BCUT2D eigenvalue weighted by molar-refractivity contribution is 0.669. The molecule has 0 aliphatic heterocycles. The summed E-state index contributed by atoms with van der Waals surface area (Å²) in [7, 11) is 0. The fourth-order valence-electron chi connectivity index (χ4n) is 8.00. The molecule has 1 heterocycles. The van der Waals surface area contributed by atoms with Crippen LogP contribution in [0.5, 0.6) is 0 Å². The van der Waals surface area contributed by atoms with Gasteiger partial charge in [-0.15, -0.1) is 0 Å². The van der Waals surface area contributed by atoms with E-state index in [4.69, 9.17) is 4.42 Å². The molecule has 51 heavy (non-hydrogen) atoms. The summed E-state index contributed by atoms with van der Waals surface area (Å²) in [5.74, 6) is 0. The van der Waals surface area contributed by atoms with Gasteiger partial charge in [-0.2, -0.15) is 0 Å². The van der Waals surface area contributed by atoms with E-state index in [1.165, 1.54) is 77.2 Å². The minimum atomic E-state index is 0.910. The fourth-order valence-corrected chi connectivity index (χ4v) is 8.00. The van der Waals surface area contributed by atoms with Gasteiger partial charge in [0.1, 0.15) is 11.2 Å². The fraction of sp³-hybridized carbons (Fsp3) is 0. The molecule has 1 nitrogen and oxygen atoms in total. The SMILES string of the molecule is c1ccc(-c2ccc(-c3c4ccccc4c(-c4ccc(-c5ccccc5-c5cccc6oc7ccccc7c56)cc4)c4ccccc34)cc2)cc1. The summed E-state index contributed by atoms with van der Waals surface area (Å²) < 4.78 is 6.26. The summed E-state index contributed by atoms with van der Waals surface area (Å²) in [5.41, 5.74) is 14.0. The molecule has 9 aromatic carbocycles. The molecule has 0 atom stereocenters. The average molecular weight is 649 g/mol. The van der Waals surface area contributed by atoms with E-state index >= 15 is 0 Å². The number of hydrogen-bond donors (Lipinski definition) is 0. The lowest BCUT2D eigenvalue weighted by atomic mass is 9.85. The Labute approximate surface area is 296 Å². The Morgan fingerprint density at radius 3 is 1.25 bits per heavy atom. The van der Waals surface area contributed by atoms with E-state index in [2.05, 4.69) is 182 Å². The second-order valence-corrected chi connectivity index (χ2v) is 13.2. The van der Waals surface area contributed by atoms with Crippen LogP contribution in [-0.2, 0) is 0 Å². The van der Waals surface area contributed by atoms with E-state index in [9.17, 15) is 0 Å². The average Bonchev–Trinajstić information content (AvgIpc) is 3.60. The van der Waals surface area contributed by atoms with Crippen molar-refractivity contribution >= 4 is 43.5 Å². The number of hydrogen-bond acceptors (Lipinski definition) is 1. The third kappa shape index (κ3) is 4.86. The molecule has 0 saturated heterocycles. The molecular weight excluding hydrogens is 617 g/mol. The molecule has 0 N–H and O–H groups in total. The van der Waals surface area contributed by atoms with Gasteiger partial charge in [-0.1, -0.05) is 182 Å². The maximum atomic E-state index is 6.26. The zero-order valence-corrected chi connectivity index (χ0v) is 27.9. The zero-order valence-electron chi connectivity index (χ0n) is 27.9. The van der Waals surface area contributed by atoms with Crippen LogP contribution in [-0.4, -0.2) is 0 Å². The Morgan fingerprint density at radius 1 is 0.235 bits per heavy atom. The van der Waals surface area contributed by atoms with E-state index in [0.717, 1.165) is 21.9 Å². The summed E-state index contributed by atoms with van der Waals surface area (Å²) in [5, 5.41) is 7.32. The molecule has 0 aliphatic carbocycles. The van der Waals surface area contributed by atoms with Gasteiger partial charge >= 0.3 is 0 Å². The lowest BCUT2D eigenvalue weighted by Gasteiger charge is -2.18. The summed E-state index contributed by atoms with van der Waals surface area (Å²) in [6, 6.07) is 69.9. The Hall–Kier alpha value is -6.70. The van der Waals surface area contributed by atoms with Crippen LogP contribution < -0.4 is 0 Å². The van der Waals surface area contributed by atoms with Crippen LogP contribution in [0.25, 0.3) is 99.1 Å². The van der Waals surface area contributed by atoms with Gasteiger partial charge in [-0.3, -0.25) is 0 Å². The van der Waals surface area contributed by atoms with Crippen LogP contribution >= 0.6 is 0 Å². The largest absolute Gasteiger partial charge is 0.456 e. The monoisotopic (exact) mass is 648 g/mol. The van der Waals surface area contributed by atoms with E-state index in [1.54, 1.807) is 0 Å². The van der Waals surface area contributed by atoms with Crippen molar-refractivity contribution in [3.63, 3.8) is 0 Å². The van der Waals surface area contributed by atoms with Crippen molar-refractivity contribution in [3.8, 4) is 55.6 Å². The van der Waals surface area contributed by atoms with Crippen molar-refractivity contribution in [1.82, 2.24) is 0 Å². The molecule has 1 aromatic heterocycles. The third-order valence-corrected chi connectivity index (χ3v) is 10.3. The van der Waals surface area contributed by atoms with Crippen molar-refractivity contribution in [2.24, 2.45) is 0 Å². The molecule has 0 saturated carbocycles. The molecule has 0 radical (unpaired) electrons. The number of fused-ring (bicyclic) bond motifs is 5. The molecule has 1 heteroatoms. The molecule has 10 aromatic rings. The highest BCUT2D eigenvalue weighted by Gasteiger charge is 2.18. The molecular formula is C50H32O. The van der Waals surface area contributed by atoms with Gasteiger partial charge in [-0.25, -0.2) is 0 Å². The van der Waals surface area contributed by atoms with Crippen molar-refractivity contribution in [3.05, 3.63) is 194 Å². The summed E-state index contributed by atoms with van der Waals surface area (Å²) >= 11 is 0. The Kier molecular flexibility index (Phi) is 6.89. The molecule has 0 unspecified atom stereocenters. The first-order chi connectivity index (χ1) is 25.3. The zero-order chi connectivity index (χ0) is 33.7. The quantitative estimate of drug-likeness (QED) is 0.169. The minimum Gasteiger partial charge on any atom is -0.456 e. The van der Waals surface area contributed by atoms with Crippen molar-refractivity contribution in [2.75, 3.05) is 0 Å². The topological polar surface area (TPSA) is 13.1 Å². The van der Waals surface area contributed by atoms with Gasteiger partial charge in [0, 0.05) is 10.8 Å². The van der Waals surface area contributed by atoms with Crippen LogP contribution in [0, 0.1) is 0 Å². The predicted molar refractivity (Wildman–Crippen MR) is 216 cm³/mol. The second kappa shape index (κ2) is 12.0.